The standard InChI is InChI=1S/C9H14N6O/c1-2-10-5-3-4-8-13-14-9(16-8)7-6-11-15-12-7/h6,10H,2-5H2,1H3,(H,11,12,15). The molecule has 0 aliphatic heterocycles. The molecule has 0 aliphatic rings. The maximum Gasteiger partial charge on any atom is 0.269 e. The lowest BCUT2D eigenvalue weighted by Crippen LogP contribution is -2.14. The molecule has 0 saturated carbocycles. The average Bonchev–Trinajstić information content (AvgIpc) is 2.94. The summed E-state index contributed by atoms with van der Waals surface area (Å²) in [5.41, 5.74) is 0.574. The van der Waals surface area contributed by atoms with Crippen molar-refractivity contribution in [3.8, 4) is 11.6 Å². The molecule has 2 rings (SSSR count). The van der Waals surface area contributed by atoms with Gasteiger partial charge in [-0.05, 0) is 19.5 Å². The van der Waals surface area contributed by atoms with E-state index >= 15 is 0 Å². The Hall–Kier alpha value is -1.76. The zero-order valence-corrected chi connectivity index (χ0v) is 9.10. The Balaban J connectivity index is 1.88. The zero-order valence-electron chi connectivity index (χ0n) is 9.10. The van der Waals surface area contributed by atoms with Gasteiger partial charge in [0.15, 0.2) is 5.69 Å². The monoisotopic (exact) mass is 222 g/mol. The number of nitrogens with one attached hydrogen (secondary N) is 2. The molecule has 0 unspecified atom stereocenters. The maximum atomic E-state index is 5.44. The maximum absolute atomic E-state index is 5.44. The molecule has 0 aromatic carbocycles. The van der Waals surface area contributed by atoms with E-state index in [9.17, 15) is 0 Å². The first kappa shape index (κ1) is 10.7. The Bertz CT molecular complexity index is 409. The SMILES string of the molecule is CCNCCCc1nnc(-c2cn[nH]n2)o1. The first-order valence-corrected chi connectivity index (χ1v) is 5.29. The van der Waals surface area contributed by atoms with Crippen LogP contribution in [0.15, 0.2) is 10.6 Å². The number of aryl methyl sites for hydroxylation is 1. The fourth-order valence-electron chi connectivity index (χ4n) is 1.30. The van der Waals surface area contributed by atoms with Crippen molar-refractivity contribution in [2.45, 2.75) is 19.8 Å². The van der Waals surface area contributed by atoms with Crippen LogP contribution in [0.2, 0.25) is 0 Å². The highest BCUT2D eigenvalue weighted by atomic mass is 16.4. The van der Waals surface area contributed by atoms with E-state index in [1.165, 1.54) is 0 Å². The van der Waals surface area contributed by atoms with Crippen LogP contribution in [0.4, 0.5) is 0 Å². The van der Waals surface area contributed by atoms with Gasteiger partial charge >= 0.3 is 0 Å². The summed E-state index contributed by atoms with van der Waals surface area (Å²) < 4.78 is 5.44. The third-order valence-electron chi connectivity index (χ3n) is 2.10. The van der Waals surface area contributed by atoms with Crippen LogP contribution >= 0.6 is 0 Å². The predicted molar refractivity (Wildman–Crippen MR) is 56.5 cm³/mol. The smallest absolute Gasteiger partial charge is 0.269 e. The second-order valence-electron chi connectivity index (χ2n) is 3.31. The number of aromatic nitrogens is 5. The Morgan fingerprint density at radius 3 is 3.12 bits per heavy atom. The van der Waals surface area contributed by atoms with Gasteiger partial charge in [-0.15, -0.1) is 10.2 Å². The van der Waals surface area contributed by atoms with E-state index in [-0.39, 0.29) is 0 Å². The molecule has 0 bridgehead atoms. The van der Waals surface area contributed by atoms with Crippen LogP contribution in [-0.4, -0.2) is 38.7 Å². The normalized spacial score (nSPS) is 10.8. The number of hydrogen-bond acceptors (Lipinski definition) is 6. The van der Waals surface area contributed by atoms with E-state index < -0.39 is 0 Å². The fraction of sp³-hybridized carbons (Fsp3) is 0.556. The van der Waals surface area contributed by atoms with Crippen LogP contribution in [0, 0.1) is 0 Å². The molecule has 0 spiro atoms. The van der Waals surface area contributed by atoms with E-state index in [0.29, 0.717) is 17.5 Å². The van der Waals surface area contributed by atoms with Crippen molar-refractivity contribution in [2.24, 2.45) is 0 Å². The van der Waals surface area contributed by atoms with Crippen molar-refractivity contribution in [3.05, 3.63) is 12.1 Å². The van der Waals surface area contributed by atoms with E-state index in [0.717, 1.165) is 25.9 Å². The molecule has 7 heteroatoms. The summed E-state index contributed by atoms with van der Waals surface area (Å²) in [4.78, 5) is 0. The summed E-state index contributed by atoms with van der Waals surface area (Å²) in [5.74, 6) is 1.04. The van der Waals surface area contributed by atoms with Gasteiger partial charge < -0.3 is 9.73 Å². The van der Waals surface area contributed by atoms with Gasteiger partial charge in [0.25, 0.3) is 5.89 Å². The largest absolute Gasteiger partial charge is 0.419 e. The Kier molecular flexibility index (Phi) is 3.60. The molecule has 0 saturated heterocycles. The molecule has 0 fully saturated rings. The second kappa shape index (κ2) is 5.36. The minimum atomic E-state index is 0.409. The number of nitrogens with zero attached hydrogens (tertiary/aromatic N) is 4. The van der Waals surface area contributed by atoms with Gasteiger partial charge in [0.1, 0.15) is 0 Å². The van der Waals surface area contributed by atoms with Crippen molar-refractivity contribution in [2.75, 3.05) is 13.1 Å². The molecule has 7 nitrogen and oxygen atoms in total. The van der Waals surface area contributed by atoms with Crippen LogP contribution in [0.1, 0.15) is 19.2 Å². The lowest BCUT2D eigenvalue weighted by molar-refractivity contribution is 0.491. The molecule has 0 aliphatic carbocycles. The van der Waals surface area contributed by atoms with Gasteiger partial charge in [-0.25, -0.2) is 0 Å². The number of H-pyrrole nitrogens is 1. The minimum absolute atomic E-state index is 0.409. The van der Waals surface area contributed by atoms with Crippen LogP contribution in [0.25, 0.3) is 11.6 Å². The summed E-state index contributed by atoms with van der Waals surface area (Å²) in [6.45, 7) is 4.02. The summed E-state index contributed by atoms with van der Waals surface area (Å²) in [7, 11) is 0. The highest BCUT2D eigenvalue weighted by Gasteiger charge is 2.10. The summed E-state index contributed by atoms with van der Waals surface area (Å²) >= 11 is 0. The lowest BCUT2D eigenvalue weighted by Gasteiger charge is -1.97. The van der Waals surface area contributed by atoms with E-state index in [2.05, 4.69) is 37.8 Å². The number of hydrogen-bond donors (Lipinski definition) is 2. The molecule has 2 N–H and O–H groups in total. The first-order chi connectivity index (χ1) is 7.90. The third kappa shape index (κ3) is 2.63. The summed E-state index contributed by atoms with van der Waals surface area (Å²) in [5, 5.41) is 21.1. The van der Waals surface area contributed by atoms with Gasteiger partial charge in [0.05, 0.1) is 6.20 Å². The highest BCUT2D eigenvalue weighted by molar-refractivity contribution is 5.42. The molecule has 2 heterocycles. The van der Waals surface area contributed by atoms with Crippen molar-refractivity contribution >= 4 is 0 Å². The quantitative estimate of drug-likeness (QED) is 0.687. The molecule has 0 amide bonds. The topological polar surface area (TPSA) is 92.5 Å². The average molecular weight is 222 g/mol. The van der Waals surface area contributed by atoms with Gasteiger partial charge in [0, 0.05) is 6.42 Å². The highest BCUT2D eigenvalue weighted by Crippen LogP contribution is 2.13. The van der Waals surface area contributed by atoms with Crippen molar-refractivity contribution in [1.82, 2.24) is 30.9 Å². The van der Waals surface area contributed by atoms with Crippen LogP contribution in [0.3, 0.4) is 0 Å². The van der Waals surface area contributed by atoms with E-state index in [4.69, 9.17) is 4.42 Å². The molecule has 2 aromatic heterocycles. The number of aromatic amines is 1. The van der Waals surface area contributed by atoms with E-state index in [1.807, 2.05) is 0 Å². The molecule has 0 radical (unpaired) electrons. The first-order valence-electron chi connectivity index (χ1n) is 5.29. The van der Waals surface area contributed by atoms with Gasteiger partial charge in [-0.1, -0.05) is 6.92 Å². The minimum Gasteiger partial charge on any atom is -0.419 e. The van der Waals surface area contributed by atoms with Crippen molar-refractivity contribution in [3.63, 3.8) is 0 Å². The summed E-state index contributed by atoms with van der Waals surface area (Å²) in [6.07, 6.45) is 3.31. The van der Waals surface area contributed by atoms with Gasteiger partial charge in [-0.2, -0.15) is 15.4 Å². The lowest BCUT2D eigenvalue weighted by atomic mass is 10.3. The molecule has 16 heavy (non-hydrogen) atoms. The van der Waals surface area contributed by atoms with Crippen LogP contribution in [-0.2, 0) is 6.42 Å². The summed E-state index contributed by atoms with van der Waals surface area (Å²) in [6, 6.07) is 0. The third-order valence-corrected chi connectivity index (χ3v) is 2.10. The second-order valence-corrected chi connectivity index (χ2v) is 3.31. The van der Waals surface area contributed by atoms with Gasteiger partial charge in [-0.3, -0.25) is 0 Å². The fourth-order valence-corrected chi connectivity index (χ4v) is 1.30. The Labute approximate surface area is 92.7 Å². The predicted octanol–water partition coefficient (Wildman–Crippen LogP) is 0.397. The molecular weight excluding hydrogens is 208 g/mol. The van der Waals surface area contributed by atoms with E-state index in [1.54, 1.807) is 6.20 Å². The molecule has 0 atom stereocenters. The Morgan fingerprint density at radius 2 is 2.38 bits per heavy atom. The van der Waals surface area contributed by atoms with Gasteiger partial charge in [0.2, 0.25) is 5.89 Å². The molecule has 86 valence electrons. The van der Waals surface area contributed by atoms with Crippen molar-refractivity contribution < 1.29 is 4.42 Å². The van der Waals surface area contributed by atoms with Crippen molar-refractivity contribution in [1.29, 1.82) is 0 Å². The zero-order chi connectivity index (χ0) is 11.2. The molecular formula is C9H14N6O. The molecule has 2 aromatic rings. The van der Waals surface area contributed by atoms with Crippen LogP contribution < -0.4 is 5.32 Å². The number of rotatable bonds is 6. The Morgan fingerprint density at radius 1 is 1.44 bits per heavy atom. The van der Waals surface area contributed by atoms with Crippen LogP contribution in [0.5, 0.6) is 0 Å².